The summed E-state index contributed by atoms with van der Waals surface area (Å²) in [6.07, 6.45) is 6.60. The molecule has 0 aliphatic carbocycles. The van der Waals surface area contributed by atoms with Gasteiger partial charge in [-0.25, -0.2) is 4.98 Å². The third-order valence-corrected chi connectivity index (χ3v) is 5.62. The Balaban J connectivity index is 1.65. The fourth-order valence-corrected chi connectivity index (χ4v) is 4.75. The lowest BCUT2D eigenvalue weighted by atomic mass is 9.92. The van der Waals surface area contributed by atoms with Crippen LogP contribution in [0.1, 0.15) is 32.5 Å². The van der Waals surface area contributed by atoms with Crippen LogP contribution in [-0.2, 0) is 13.6 Å². The second-order valence-corrected chi connectivity index (χ2v) is 8.00. The van der Waals surface area contributed by atoms with Gasteiger partial charge in [-0.1, -0.05) is 0 Å². The van der Waals surface area contributed by atoms with Gasteiger partial charge in [-0.05, 0) is 46.7 Å². The minimum Gasteiger partial charge on any atom is -0.337 e. The van der Waals surface area contributed by atoms with E-state index in [4.69, 9.17) is 0 Å². The summed E-state index contributed by atoms with van der Waals surface area (Å²) in [4.78, 5) is 12.3. The molecule has 0 unspecified atom stereocenters. The molecule has 2 aliphatic rings. The molecule has 5 nitrogen and oxygen atoms in total. The van der Waals surface area contributed by atoms with Crippen LogP contribution in [0.3, 0.4) is 0 Å². The second kappa shape index (κ2) is 6.91. The predicted octanol–water partition coefficient (Wildman–Crippen LogP) is 1.65. The van der Waals surface area contributed by atoms with Crippen LogP contribution in [0.2, 0.25) is 0 Å². The van der Waals surface area contributed by atoms with Crippen LogP contribution in [0.4, 0.5) is 0 Å². The smallest absolute Gasteiger partial charge is 0.122 e. The molecule has 2 fully saturated rings. The van der Waals surface area contributed by atoms with Crippen LogP contribution >= 0.6 is 0 Å². The quantitative estimate of drug-likeness (QED) is 0.825. The van der Waals surface area contributed by atoms with E-state index in [1.54, 1.807) is 0 Å². The van der Waals surface area contributed by atoms with Crippen LogP contribution in [-0.4, -0.2) is 76.1 Å². The normalized spacial score (nSPS) is 29.6. The number of aryl methyl sites for hydroxylation is 1. The van der Waals surface area contributed by atoms with Crippen LogP contribution in [0.25, 0.3) is 0 Å². The van der Waals surface area contributed by atoms with Crippen LogP contribution < -0.4 is 0 Å². The lowest BCUT2D eigenvalue weighted by Gasteiger charge is -2.40. The molecule has 0 saturated carbocycles. The highest BCUT2D eigenvalue weighted by Gasteiger charge is 2.44. The molecule has 0 spiro atoms. The largest absolute Gasteiger partial charge is 0.337 e. The number of nitrogens with zero attached hydrogens (tertiary/aromatic N) is 5. The average molecular weight is 319 g/mol. The van der Waals surface area contributed by atoms with Gasteiger partial charge in [-0.15, -0.1) is 0 Å². The van der Waals surface area contributed by atoms with Crippen LogP contribution in [0.15, 0.2) is 12.4 Å². The molecule has 2 saturated heterocycles. The fourth-order valence-electron chi connectivity index (χ4n) is 4.75. The molecule has 23 heavy (non-hydrogen) atoms. The van der Waals surface area contributed by atoms with Crippen LogP contribution in [0, 0.1) is 5.92 Å². The number of likely N-dealkylation sites (N-methyl/N-ethyl adjacent to an activating group) is 1. The first kappa shape index (κ1) is 16.9. The van der Waals surface area contributed by atoms with Gasteiger partial charge in [0.05, 0.1) is 6.54 Å². The van der Waals surface area contributed by atoms with Gasteiger partial charge in [0, 0.05) is 57.2 Å². The van der Waals surface area contributed by atoms with E-state index in [-0.39, 0.29) is 0 Å². The Morgan fingerprint density at radius 1 is 1.35 bits per heavy atom. The summed E-state index contributed by atoms with van der Waals surface area (Å²) in [5.74, 6) is 2.00. The van der Waals surface area contributed by atoms with Crippen molar-refractivity contribution in [2.24, 2.45) is 13.0 Å². The molecular formula is C18H33N5. The van der Waals surface area contributed by atoms with E-state index >= 15 is 0 Å². The first-order chi connectivity index (χ1) is 11.0. The van der Waals surface area contributed by atoms with E-state index in [1.165, 1.54) is 38.3 Å². The first-order valence-corrected chi connectivity index (χ1v) is 9.06. The topological polar surface area (TPSA) is 27.5 Å². The maximum Gasteiger partial charge on any atom is 0.122 e. The maximum absolute atomic E-state index is 4.50. The molecule has 5 heteroatoms. The predicted molar refractivity (Wildman–Crippen MR) is 94.3 cm³/mol. The van der Waals surface area contributed by atoms with E-state index in [0.717, 1.165) is 18.5 Å². The van der Waals surface area contributed by atoms with Crippen molar-refractivity contribution in [2.75, 3.05) is 33.7 Å². The van der Waals surface area contributed by atoms with Crippen molar-refractivity contribution in [3.05, 3.63) is 18.2 Å². The van der Waals surface area contributed by atoms with Crippen molar-refractivity contribution >= 4 is 0 Å². The molecule has 3 rings (SSSR count). The lowest BCUT2D eigenvalue weighted by Crippen LogP contribution is -2.50. The Kier molecular flexibility index (Phi) is 5.09. The van der Waals surface area contributed by atoms with Gasteiger partial charge in [0.25, 0.3) is 0 Å². The molecular weight excluding hydrogens is 286 g/mol. The Labute approximate surface area is 141 Å². The fraction of sp³-hybridized carbons (Fsp3) is 0.833. The van der Waals surface area contributed by atoms with Crippen LogP contribution in [0.5, 0.6) is 0 Å². The number of imidazole rings is 1. The Hall–Kier alpha value is -0.910. The zero-order chi connectivity index (χ0) is 16.6. The Morgan fingerprint density at radius 3 is 2.74 bits per heavy atom. The zero-order valence-corrected chi connectivity index (χ0v) is 15.4. The number of aromatic nitrogens is 2. The summed E-state index contributed by atoms with van der Waals surface area (Å²) in [6.45, 7) is 9.34. The van der Waals surface area contributed by atoms with Gasteiger partial charge in [-0.3, -0.25) is 9.80 Å². The zero-order valence-electron chi connectivity index (χ0n) is 15.4. The summed E-state index contributed by atoms with van der Waals surface area (Å²) in [6, 6.07) is 2.14. The second-order valence-electron chi connectivity index (χ2n) is 8.00. The molecule has 3 atom stereocenters. The third kappa shape index (κ3) is 3.62. The highest BCUT2D eigenvalue weighted by molar-refractivity contribution is 5.01. The molecule has 130 valence electrons. The summed E-state index contributed by atoms with van der Waals surface area (Å²) < 4.78 is 2.15. The van der Waals surface area contributed by atoms with Gasteiger partial charge < -0.3 is 9.47 Å². The minimum atomic E-state index is 0.649. The van der Waals surface area contributed by atoms with E-state index < -0.39 is 0 Å². The summed E-state index contributed by atoms with van der Waals surface area (Å²) >= 11 is 0. The first-order valence-electron chi connectivity index (χ1n) is 9.06. The van der Waals surface area contributed by atoms with Gasteiger partial charge in [0.15, 0.2) is 0 Å². The summed E-state index contributed by atoms with van der Waals surface area (Å²) in [7, 11) is 6.50. The molecule has 0 amide bonds. The van der Waals surface area contributed by atoms with Gasteiger partial charge in [0.1, 0.15) is 5.82 Å². The van der Waals surface area contributed by atoms with E-state index in [1.807, 2.05) is 12.4 Å². The number of likely N-dealkylation sites (tertiary alicyclic amines) is 2. The van der Waals surface area contributed by atoms with Gasteiger partial charge >= 0.3 is 0 Å². The van der Waals surface area contributed by atoms with Crippen molar-refractivity contribution in [2.45, 2.75) is 51.4 Å². The summed E-state index contributed by atoms with van der Waals surface area (Å²) in [5.41, 5.74) is 0. The van der Waals surface area contributed by atoms with Crippen molar-refractivity contribution in [3.63, 3.8) is 0 Å². The van der Waals surface area contributed by atoms with Crippen molar-refractivity contribution in [1.29, 1.82) is 0 Å². The van der Waals surface area contributed by atoms with Crippen molar-refractivity contribution in [3.8, 4) is 0 Å². The number of rotatable bonds is 5. The lowest BCUT2D eigenvalue weighted by molar-refractivity contribution is 0.0692. The molecule has 1 aromatic heterocycles. The van der Waals surface area contributed by atoms with Gasteiger partial charge in [-0.2, -0.15) is 0 Å². The van der Waals surface area contributed by atoms with E-state index in [2.05, 4.69) is 59.2 Å². The molecule has 1 aromatic rings. The monoisotopic (exact) mass is 319 g/mol. The average Bonchev–Trinajstić information content (AvgIpc) is 3.01. The van der Waals surface area contributed by atoms with Crippen molar-refractivity contribution < 1.29 is 0 Å². The SMILES string of the molecule is CC(C)N1[C@H](CN(C)C)C[C@@H]2CN(Cc3nccn3C)CC[C@@H]21. The number of hydrogen-bond acceptors (Lipinski definition) is 4. The molecule has 0 radical (unpaired) electrons. The molecule has 0 bridgehead atoms. The van der Waals surface area contributed by atoms with E-state index in [9.17, 15) is 0 Å². The van der Waals surface area contributed by atoms with Gasteiger partial charge in [0.2, 0.25) is 0 Å². The Bertz CT molecular complexity index is 509. The number of hydrogen-bond donors (Lipinski definition) is 0. The summed E-state index contributed by atoms with van der Waals surface area (Å²) in [5, 5.41) is 0. The molecule has 0 N–H and O–H groups in total. The number of fused-ring (bicyclic) bond motifs is 1. The molecule has 3 heterocycles. The molecule has 2 aliphatic heterocycles. The minimum absolute atomic E-state index is 0.649. The molecule has 0 aromatic carbocycles. The maximum atomic E-state index is 4.50. The highest BCUT2D eigenvalue weighted by Crippen LogP contribution is 2.37. The van der Waals surface area contributed by atoms with E-state index in [0.29, 0.717) is 12.1 Å². The third-order valence-electron chi connectivity index (χ3n) is 5.62. The standard InChI is InChI=1S/C18H33N5/c1-14(2)23-16(12-20(3)4)10-15-11-22(8-6-17(15)23)13-18-19-7-9-21(18)5/h7,9,14-17H,6,8,10-13H2,1-5H3/t15-,16+,17+/m1/s1. The highest BCUT2D eigenvalue weighted by atomic mass is 15.3. The van der Waals surface area contributed by atoms with Crippen molar-refractivity contribution in [1.82, 2.24) is 24.3 Å². The number of piperidine rings is 1. The Morgan fingerprint density at radius 2 is 2.13 bits per heavy atom.